The lowest BCUT2D eigenvalue weighted by Crippen LogP contribution is -2.53. The van der Waals surface area contributed by atoms with Gasteiger partial charge < -0.3 is 9.64 Å². The summed E-state index contributed by atoms with van der Waals surface area (Å²) in [5, 5.41) is 0. The zero-order valence-electron chi connectivity index (χ0n) is 14.0. The molecule has 0 aromatic carbocycles. The second-order valence-electron chi connectivity index (χ2n) is 6.90. The Balaban J connectivity index is 1.35. The van der Waals surface area contributed by atoms with Gasteiger partial charge in [0, 0.05) is 55.8 Å². The van der Waals surface area contributed by atoms with Crippen LogP contribution in [-0.4, -0.2) is 70.5 Å². The number of amides is 1. The van der Waals surface area contributed by atoms with Gasteiger partial charge in [0.2, 0.25) is 5.88 Å². The zero-order valence-corrected chi connectivity index (χ0v) is 14.8. The Morgan fingerprint density at radius 3 is 2.71 bits per heavy atom. The number of carbonyl (C=O) groups is 1. The van der Waals surface area contributed by atoms with Gasteiger partial charge in [-0.2, -0.15) is 11.8 Å². The van der Waals surface area contributed by atoms with Crippen LogP contribution in [0.15, 0.2) is 18.3 Å². The number of hydrogen-bond donors (Lipinski definition) is 0. The third-order valence-electron chi connectivity index (χ3n) is 5.35. The van der Waals surface area contributed by atoms with Crippen molar-refractivity contribution in [3.05, 3.63) is 23.9 Å². The summed E-state index contributed by atoms with van der Waals surface area (Å²) in [6.45, 7) is 3.66. The molecule has 2 aliphatic heterocycles. The fraction of sp³-hybridized carbons (Fsp3) is 0.667. The smallest absolute Gasteiger partial charge is 0.254 e. The molecule has 1 aliphatic carbocycles. The van der Waals surface area contributed by atoms with Crippen molar-refractivity contribution >= 4 is 17.7 Å². The molecule has 5 nitrogen and oxygen atoms in total. The SMILES string of the molecule is O=C(c1ccnc(O[C@@H]2CCSC2)c1)N1CCN(C2CCC2)CC1. The number of ether oxygens (including phenoxy) is 1. The van der Waals surface area contributed by atoms with E-state index in [2.05, 4.69) is 9.88 Å². The molecule has 1 aromatic heterocycles. The highest BCUT2D eigenvalue weighted by Crippen LogP contribution is 2.26. The molecule has 2 saturated heterocycles. The largest absolute Gasteiger partial charge is 0.473 e. The molecule has 0 unspecified atom stereocenters. The van der Waals surface area contributed by atoms with Crippen LogP contribution in [0.25, 0.3) is 0 Å². The molecule has 0 N–H and O–H groups in total. The number of thioether (sulfide) groups is 1. The van der Waals surface area contributed by atoms with Crippen molar-refractivity contribution < 1.29 is 9.53 Å². The summed E-state index contributed by atoms with van der Waals surface area (Å²) in [7, 11) is 0. The number of aromatic nitrogens is 1. The van der Waals surface area contributed by atoms with E-state index in [1.165, 1.54) is 19.3 Å². The van der Waals surface area contributed by atoms with E-state index in [9.17, 15) is 4.79 Å². The Morgan fingerprint density at radius 1 is 1.21 bits per heavy atom. The van der Waals surface area contributed by atoms with Gasteiger partial charge in [0.15, 0.2) is 0 Å². The Hall–Kier alpha value is -1.27. The molecule has 1 atom stereocenters. The number of hydrogen-bond acceptors (Lipinski definition) is 5. The molecule has 130 valence electrons. The molecule has 24 heavy (non-hydrogen) atoms. The van der Waals surface area contributed by atoms with Crippen molar-refractivity contribution in [1.82, 2.24) is 14.8 Å². The van der Waals surface area contributed by atoms with Gasteiger partial charge in [-0.15, -0.1) is 0 Å². The lowest BCUT2D eigenvalue weighted by Gasteiger charge is -2.42. The van der Waals surface area contributed by atoms with Gasteiger partial charge >= 0.3 is 0 Å². The third-order valence-corrected chi connectivity index (χ3v) is 6.48. The van der Waals surface area contributed by atoms with Crippen LogP contribution in [-0.2, 0) is 0 Å². The van der Waals surface area contributed by atoms with E-state index in [0.717, 1.165) is 50.1 Å². The molecule has 6 heteroatoms. The standard InChI is InChI=1S/C18H25N3O2S/c22-18(21-9-7-20(8-10-21)15-2-1-3-15)14-4-6-19-17(12-14)23-16-5-11-24-13-16/h4,6,12,15-16H,1-3,5,7-11,13H2/t16-/m1/s1. The highest BCUT2D eigenvalue weighted by atomic mass is 32.2. The van der Waals surface area contributed by atoms with Crippen LogP contribution in [0.1, 0.15) is 36.0 Å². The van der Waals surface area contributed by atoms with E-state index < -0.39 is 0 Å². The molecule has 1 saturated carbocycles. The molecular formula is C18H25N3O2S. The van der Waals surface area contributed by atoms with Crippen molar-refractivity contribution in [1.29, 1.82) is 0 Å². The highest BCUT2D eigenvalue weighted by Gasteiger charge is 2.29. The quantitative estimate of drug-likeness (QED) is 0.836. The average molecular weight is 347 g/mol. The maximum atomic E-state index is 12.8. The van der Waals surface area contributed by atoms with Gasteiger partial charge in [-0.1, -0.05) is 6.42 Å². The van der Waals surface area contributed by atoms with E-state index >= 15 is 0 Å². The van der Waals surface area contributed by atoms with Gasteiger partial charge in [-0.05, 0) is 31.1 Å². The van der Waals surface area contributed by atoms with E-state index in [0.29, 0.717) is 11.4 Å². The number of piperazine rings is 1. The molecule has 1 amide bonds. The second kappa shape index (κ2) is 7.31. The zero-order chi connectivity index (χ0) is 16.4. The summed E-state index contributed by atoms with van der Waals surface area (Å²) < 4.78 is 5.91. The number of pyridine rings is 1. The first kappa shape index (κ1) is 16.2. The lowest BCUT2D eigenvalue weighted by molar-refractivity contribution is 0.0455. The number of carbonyl (C=O) groups excluding carboxylic acids is 1. The first-order chi connectivity index (χ1) is 11.8. The van der Waals surface area contributed by atoms with E-state index in [1.54, 1.807) is 12.3 Å². The molecule has 1 aromatic rings. The Labute approximate surface area is 147 Å². The van der Waals surface area contributed by atoms with Gasteiger partial charge in [-0.25, -0.2) is 4.98 Å². The van der Waals surface area contributed by atoms with Crippen LogP contribution in [0.2, 0.25) is 0 Å². The fourth-order valence-corrected chi connectivity index (χ4v) is 4.70. The van der Waals surface area contributed by atoms with Crippen molar-refractivity contribution in [3.63, 3.8) is 0 Å². The average Bonchev–Trinajstić information content (AvgIpc) is 3.07. The minimum Gasteiger partial charge on any atom is -0.473 e. The summed E-state index contributed by atoms with van der Waals surface area (Å²) >= 11 is 1.91. The summed E-state index contributed by atoms with van der Waals surface area (Å²) in [5.41, 5.74) is 0.697. The van der Waals surface area contributed by atoms with Crippen LogP contribution < -0.4 is 4.74 Å². The Bertz CT molecular complexity index is 579. The summed E-state index contributed by atoms with van der Waals surface area (Å²) in [6, 6.07) is 4.38. The predicted octanol–water partition coefficient (Wildman–Crippen LogP) is 2.28. The highest BCUT2D eigenvalue weighted by molar-refractivity contribution is 7.99. The Kier molecular flexibility index (Phi) is 4.94. The summed E-state index contributed by atoms with van der Waals surface area (Å²) in [6.07, 6.45) is 7.02. The minimum absolute atomic E-state index is 0.108. The number of rotatable bonds is 4. The second-order valence-corrected chi connectivity index (χ2v) is 8.05. The van der Waals surface area contributed by atoms with Gasteiger partial charge in [-0.3, -0.25) is 9.69 Å². The topological polar surface area (TPSA) is 45.7 Å². The molecule has 0 spiro atoms. The van der Waals surface area contributed by atoms with Gasteiger partial charge in [0.05, 0.1) is 0 Å². The van der Waals surface area contributed by atoms with E-state index in [4.69, 9.17) is 4.74 Å². The molecule has 3 heterocycles. The molecule has 3 fully saturated rings. The van der Waals surface area contributed by atoms with Crippen molar-refractivity contribution in [3.8, 4) is 5.88 Å². The summed E-state index contributed by atoms with van der Waals surface area (Å²) in [4.78, 5) is 21.6. The lowest BCUT2D eigenvalue weighted by atomic mass is 9.91. The molecule has 0 radical (unpaired) electrons. The van der Waals surface area contributed by atoms with E-state index in [1.807, 2.05) is 22.7 Å². The van der Waals surface area contributed by atoms with Gasteiger partial charge in [0.25, 0.3) is 5.91 Å². The molecule has 3 aliphatic rings. The third kappa shape index (κ3) is 3.54. The first-order valence-corrected chi connectivity index (χ1v) is 10.2. The fourth-order valence-electron chi connectivity index (χ4n) is 3.61. The van der Waals surface area contributed by atoms with Crippen LogP contribution >= 0.6 is 11.8 Å². The van der Waals surface area contributed by atoms with Crippen molar-refractivity contribution in [2.45, 2.75) is 37.8 Å². The van der Waals surface area contributed by atoms with Crippen LogP contribution in [0.5, 0.6) is 5.88 Å². The maximum Gasteiger partial charge on any atom is 0.254 e. The Morgan fingerprint density at radius 2 is 2.04 bits per heavy atom. The monoisotopic (exact) mass is 347 g/mol. The van der Waals surface area contributed by atoms with Crippen LogP contribution in [0, 0.1) is 0 Å². The summed E-state index contributed by atoms with van der Waals surface area (Å²) in [5.74, 6) is 2.86. The predicted molar refractivity (Wildman–Crippen MR) is 95.7 cm³/mol. The minimum atomic E-state index is 0.108. The molecule has 0 bridgehead atoms. The molecular weight excluding hydrogens is 322 g/mol. The van der Waals surface area contributed by atoms with E-state index in [-0.39, 0.29) is 12.0 Å². The first-order valence-electron chi connectivity index (χ1n) is 9.03. The van der Waals surface area contributed by atoms with Crippen LogP contribution in [0.3, 0.4) is 0 Å². The maximum absolute atomic E-state index is 12.8. The van der Waals surface area contributed by atoms with Crippen molar-refractivity contribution in [2.75, 3.05) is 37.7 Å². The normalized spacial score (nSPS) is 25.5. The van der Waals surface area contributed by atoms with Crippen molar-refractivity contribution in [2.24, 2.45) is 0 Å². The molecule has 4 rings (SSSR count). The van der Waals surface area contributed by atoms with Crippen LogP contribution in [0.4, 0.5) is 0 Å². The van der Waals surface area contributed by atoms with Gasteiger partial charge in [0.1, 0.15) is 6.10 Å². The number of nitrogens with zero attached hydrogens (tertiary/aromatic N) is 3.